The lowest BCUT2D eigenvalue weighted by Gasteiger charge is -2.15. The van der Waals surface area contributed by atoms with Gasteiger partial charge >= 0.3 is 0 Å². The largest absolute Gasteiger partial charge is 0.399 e. The Bertz CT molecular complexity index is 501. The maximum Gasteiger partial charge on any atom is 0.0957 e. The number of benzene rings is 1. The van der Waals surface area contributed by atoms with Crippen LogP contribution in [0.25, 0.3) is 11.3 Å². The van der Waals surface area contributed by atoms with E-state index in [4.69, 9.17) is 10.5 Å². The van der Waals surface area contributed by atoms with Crippen LogP contribution in [0.1, 0.15) is 5.69 Å². The van der Waals surface area contributed by atoms with E-state index in [0.29, 0.717) is 6.61 Å². The first-order valence-electron chi connectivity index (χ1n) is 5.32. The normalized spacial score (nSPS) is 14.8. The van der Waals surface area contributed by atoms with Gasteiger partial charge in [0.2, 0.25) is 0 Å². The third kappa shape index (κ3) is 1.47. The van der Waals surface area contributed by atoms with Crippen LogP contribution in [0.2, 0.25) is 0 Å². The zero-order valence-electron chi connectivity index (χ0n) is 8.89. The first kappa shape index (κ1) is 9.42. The maximum absolute atomic E-state index is 5.67. The SMILES string of the molecule is Nc1ccc(-c2ncn3c2COCC3)cc1. The van der Waals surface area contributed by atoms with Crippen molar-refractivity contribution in [1.82, 2.24) is 9.55 Å². The molecule has 0 spiro atoms. The molecule has 0 saturated heterocycles. The van der Waals surface area contributed by atoms with Crippen LogP contribution < -0.4 is 5.73 Å². The second-order valence-corrected chi connectivity index (χ2v) is 3.91. The topological polar surface area (TPSA) is 53.1 Å². The molecular weight excluding hydrogens is 202 g/mol. The van der Waals surface area contributed by atoms with Gasteiger partial charge in [-0.15, -0.1) is 0 Å². The number of imidazole rings is 1. The molecule has 0 radical (unpaired) electrons. The van der Waals surface area contributed by atoms with Crippen molar-refractivity contribution in [2.45, 2.75) is 13.2 Å². The minimum absolute atomic E-state index is 0.639. The van der Waals surface area contributed by atoms with Crippen molar-refractivity contribution in [3.05, 3.63) is 36.3 Å². The fourth-order valence-corrected chi connectivity index (χ4v) is 1.97. The summed E-state index contributed by atoms with van der Waals surface area (Å²) in [5, 5.41) is 0. The molecule has 0 atom stereocenters. The van der Waals surface area contributed by atoms with E-state index < -0.39 is 0 Å². The maximum atomic E-state index is 5.67. The number of hydrogen-bond acceptors (Lipinski definition) is 3. The van der Waals surface area contributed by atoms with Crippen molar-refractivity contribution in [1.29, 1.82) is 0 Å². The lowest BCUT2D eigenvalue weighted by molar-refractivity contribution is 0.0854. The molecule has 2 N–H and O–H groups in total. The fourth-order valence-electron chi connectivity index (χ4n) is 1.97. The van der Waals surface area contributed by atoms with E-state index in [-0.39, 0.29) is 0 Å². The first-order valence-corrected chi connectivity index (χ1v) is 5.32. The van der Waals surface area contributed by atoms with E-state index in [1.54, 1.807) is 0 Å². The molecule has 3 rings (SSSR count). The second-order valence-electron chi connectivity index (χ2n) is 3.91. The van der Waals surface area contributed by atoms with Gasteiger partial charge in [-0.3, -0.25) is 0 Å². The van der Waals surface area contributed by atoms with Crippen molar-refractivity contribution in [2.24, 2.45) is 0 Å². The van der Waals surface area contributed by atoms with Crippen molar-refractivity contribution in [3.63, 3.8) is 0 Å². The zero-order chi connectivity index (χ0) is 11.0. The van der Waals surface area contributed by atoms with Gasteiger partial charge < -0.3 is 15.0 Å². The molecule has 1 aliphatic rings. The van der Waals surface area contributed by atoms with Crippen LogP contribution in [0.15, 0.2) is 30.6 Å². The Kier molecular flexibility index (Phi) is 2.15. The summed E-state index contributed by atoms with van der Waals surface area (Å²) in [5.74, 6) is 0. The highest BCUT2D eigenvalue weighted by atomic mass is 16.5. The average Bonchev–Trinajstić information content (AvgIpc) is 2.74. The van der Waals surface area contributed by atoms with Crippen LogP contribution in [0.3, 0.4) is 0 Å². The van der Waals surface area contributed by atoms with E-state index in [1.165, 1.54) is 0 Å². The molecule has 0 bridgehead atoms. The molecule has 82 valence electrons. The van der Waals surface area contributed by atoms with Gasteiger partial charge in [-0.2, -0.15) is 0 Å². The Morgan fingerprint density at radius 2 is 2.06 bits per heavy atom. The van der Waals surface area contributed by atoms with E-state index in [1.807, 2.05) is 30.6 Å². The number of ether oxygens (including phenoxy) is 1. The summed E-state index contributed by atoms with van der Waals surface area (Å²) in [6.45, 7) is 2.29. The molecule has 0 amide bonds. The van der Waals surface area contributed by atoms with Crippen molar-refractivity contribution in [3.8, 4) is 11.3 Å². The molecule has 2 heterocycles. The smallest absolute Gasteiger partial charge is 0.0957 e. The minimum Gasteiger partial charge on any atom is -0.399 e. The predicted molar refractivity (Wildman–Crippen MR) is 61.7 cm³/mol. The number of nitrogen functional groups attached to an aromatic ring is 1. The van der Waals surface area contributed by atoms with Gasteiger partial charge in [-0.05, 0) is 12.1 Å². The fraction of sp³-hybridized carbons (Fsp3) is 0.250. The van der Waals surface area contributed by atoms with E-state index in [9.17, 15) is 0 Å². The summed E-state index contributed by atoms with van der Waals surface area (Å²) >= 11 is 0. The summed E-state index contributed by atoms with van der Waals surface area (Å²) in [6, 6.07) is 7.77. The summed E-state index contributed by atoms with van der Waals surface area (Å²) in [4.78, 5) is 4.44. The molecule has 1 aromatic carbocycles. The molecule has 16 heavy (non-hydrogen) atoms. The molecule has 4 nitrogen and oxygen atoms in total. The highest BCUT2D eigenvalue weighted by Crippen LogP contribution is 2.25. The standard InChI is InChI=1S/C12H13N3O/c13-10-3-1-9(2-4-10)12-11-7-16-6-5-15(11)8-14-12/h1-4,8H,5-7,13H2. The van der Waals surface area contributed by atoms with Gasteiger partial charge in [0, 0.05) is 17.8 Å². The zero-order valence-corrected chi connectivity index (χ0v) is 8.89. The van der Waals surface area contributed by atoms with E-state index in [2.05, 4.69) is 9.55 Å². The first-order chi connectivity index (χ1) is 7.84. The van der Waals surface area contributed by atoms with Crippen LogP contribution in [0, 0.1) is 0 Å². The number of nitrogens with zero attached hydrogens (tertiary/aromatic N) is 2. The van der Waals surface area contributed by atoms with Gasteiger partial charge in [-0.25, -0.2) is 4.98 Å². The van der Waals surface area contributed by atoms with Gasteiger partial charge in [0.25, 0.3) is 0 Å². The molecule has 0 fully saturated rings. The Balaban J connectivity index is 2.06. The third-order valence-electron chi connectivity index (χ3n) is 2.85. The number of nitrogens with two attached hydrogens (primary N) is 1. The number of anilines is 1. The van der Waals surface area contributed by atoms with Crippen LogP contribution in [0.5, 0.6) is 0 Å². The molecular formula is C12H13N3O. The van der Waals surface area contributed by atoms with E-state index >= 15 is 0 Å². The number of hydrogen-bond donors (Lipinski definition) is 1. The Labute approximate surface area is 93.7 Å². The summed E-state index contributed by atoms with van der Waals surface area (Å²) in [6.07, 6.45) is 1.88. The highest BCUT2D eigenvalue weighted by Gasteiger charge is 2.15. The molecule has 1 aliphatic heterocycles. The Morgan fingerprint density at radius 3 is 2.88 bits per heavy atom. The molecule has 2 aromatic rings. The van der Waals surface area contributed by atoms with Crippen LogP contribution in [-0.4, -0.2) is 16.2 Å². The van der Waals surface area contributed by atoms with Gasteiger partial charge in [0.15, 0.2) is 0 Å². The average molecular weight is 215 g/mol. The highest BCUT2D eigenvalue weighted by molar-refractivity contribution is 5.64. The molecule has 1 aromatic heterocycles. The molecule has 4 heteroatoms. The van der Waals surface area contributed by atoms with Crippen LogP contribution in [-0.2, 0) is 17.9 Å². The van der Waals surface area contributed by atoms with Crippen LogP contribution >= 0.6 is 0 Å². The lowest BCUT2D eigenvalue weighted by atomic mass is 10.1. The quantitative estimate of drug-likeness (QED) is 0.736. The summed E-state index contributed by atoms with van der Waals surface area (Å²) in [5.41, 5.74) is 9.68. The lowest BCUT2D eigenvalue weighted by Crippen LogP contribution is -2.15. The van der Waals surface area contributed by atoms with Crippen molar-refractivity contribution in [2.75, 3.05) is 12.3 Å². The van der Waals surface area contributed by atoms with Gasteiger partial charge in [-0.1, -0.05) is 12.1 Å². The predicted octanol–water partition coefficient (Wildman–Crippen LogP) is 1.66. The second kappa shape index (κ2) is 3.64. The molecule has 0 unspecified atom stereocenters. The molecule has 0 aliphatic carbocycles. The number of aromatic nitrogens is 2. The monoisotopic (exact) mass is 215 g/mol. The number of rotatable bonds is 1. The Morgan fingerprint density at radius 1 is 1.25 bits per heavy atom. The third-order valence-corrected chi connectivity index (χ3v) is 2.85. The van der Waals surface area contributed by atoms with Crippen LogP contribution in [0.4, 0.5) is 5.69 Å². The minimum atomic E-state index is 0.639. The summed E-state index contributed by atoms with van der Waals surface area (Å²) in [7, 11) is 0. The van der Waals surface area contributed by atoms with Gasteiger partial charge in [0.05, 0.1) is 30.9 Å². The number of fused-ring (bicyclic) bond motifs is 1. The summed E-state index contributed by atoms with van der Waals surface area (Å²) < 4.78 is 7.60. The Hall–Kier alpha value is -1.81. The van der Waals surface area contributed by atoms with Crippen molar-refractivity contribution >= 4 is 5.69 Å². The van der Waals surface area contributed by atoms with Crippen molar-refractivity contribution < 1.29 is 4.74 Å². The molecule has 0 saturated carbocycles. The van der Waals surface area contributed by atoms with E-state index in [0.717, 1.165) is 35.8 Å². The van der Waals surface area contributed by atoms with Gasteiger partial charge in [0.1, 0.15) is 0 Å².